The molecule has 0 radical (unpaired) electrons. The molecule has 4 N–H and O–H groups in total. The molecule has 0 rings (SSSR count). The maximum atomic E-state index is 5.43. The third-order valence-corrected chi connectivity index (χ3v) is 2.21. The van der Waals surface area contributed by atoms with Gasteiger partial charge in [-0.25, -0.2) is 0 Å². The Morgan fingerprint density at radius 1 is 0.895 bits per heavy atom. The zero-order valence-electron chi connectivity index (χ0n) is 11.1. The molecule has 0 saturated carbocycles. The Morgan fingerprint density at radius 3 is 1.84 bits per heavy atom. The van der Waals surface area contributed by atoms with E-state index in [9.17, 15) is 0 Å². The molecule has 0 aromatic heterocycles. The standard InChI is InChI=1S/C8H15BrClN3.C4H8ClN/c9-3-1-5-11-7-13-8-12-6-2-4-10;1-6-4-2-3-5/h1-2,5-6,11-13H,3-4,7-8H2;2,4,6H,3H2,1H3. The summed E-state index contributed by atoms with van der Waals surface area (Å²) in [6.45, 7) is 1.47. The highest BCUT2D eigenvalue weighted by molar-refractivity contribution is 9.09. The molecule has 0 unspecified atom stereocenters. The summed E-state index contributed by atoms with van der Waals surface area (Å²) in [5, 5.41) is 12.9. The molecule has 112 valence electrons. The van der Waals surface area contributed by atoms with Crippen molar-refractivity contribution in [2.24, 2.45) is 0 Å². The number of hydrogen-bond acceptors (Lipinski definition) is 4. The normalized spacial score (nSPS) is 10.7. The lowest BCUT2D eigenvalue weighted by atomic mass is 10.7. The molecule has 0 fully saturated rings. The van der Waals surface area contributed by atoms with Gasteiger partial charge in [0.1, 0.15) is 0 Å². The lowest BCUT2D eigenvalue weighted by Crippen LogP contribution is -2.31. The zero-order chi connectivity index (χ0) is 14.6. The second-order valence-electron chi connectivity index (χ2n) is 2.97. The highest BCUT2D eigenvalue weighted by atomic mass is 79.9. The smallest absolute Gasteiger partial charge is 0.0661 e. The van der Waals surface area contributed by atoms with Crippen molar-refractivity contribution >= 4 is 39.1 Å². The van der Waals surface area contributed by atoms with Crippen molar-refractivity contribution in [2.45, 2.75) is 0 Å². The van der Waals surface area contributed by atoms with E-state index in [0.717, 1.165) is 18.7 Å². The van der Waals surface area contributed by atoms with Crippen LogP contribution in [-0.4, -0.2) is 37.5 Å². The number of hydrogen-bond donors (Lipinski definition) is 4. The molecule has 0 bridgehead atoms. The molecule has 4 nitrogen and oxygen atoms in total. The van der Waals surface area contributed by atoms with E-state index < -0.39 is 0 Å². The van der Waals surface area contributed by atoms with Gasteiger partial charge in [-0.3, -0.25) is 5.32 Å². The van der Waals surface area contributed by atoms with Gasteiger partial charge >= 0.3 is 0 Å². The van der Waals surface area contributed by atoms with Gasteiger partial charge < -0.3 is 16.0 Å². The monoisotopic (exact) mass is 372 g/mol. The first kappa shape index (κ1) is 20.9. The molecule has 0 aliphatic rings. The van der Waals surface area contributed by atoms with Crippen molar-refractivity contribution in [3.63, 3.8) is 0 Å². The van der Waals surface area contributed by atoms with E-state index in [-0.39, 0.29) is 0 Å². The van der Waals surface area contributed by atoms with E-state index in [1.165, 1.54) is 0 Å². The van der Waals surface area contributed by atoms with Crippen LogP contribution in [0, 0.1) is 0 Å². The summed E-state index contributed by atoms with van der Waals surface area (Å²) >= 11 is 14.0. The van der Waals surface area contributed by atoms with E-state index >= 15 is 0 Å². The Bertz CT molecular complexity index is 214. The fourth-order valence-electron chi connectivity index (χ4n) is 0.743. The van der Waals surface area contributed by atoms with Gasteiger partial charge in [0.25, 0.3) is 0 Å². The lowest BCUT2D eigenvalue weighted by Gasteiger charge is -2.03. The van der Waals surface area contributed by atoms with Crippen molar-refractivity contribution in [3.8, 4) is 0 Å². The van der Waals surface area contributed by atoms with Crippen LogP contribution >= 0.6 is 39.1 Å². The summed E-state index contributed by atoms with van der Waals surface area (Å²) in [4.78, 5) is 0. The zero-order valence-corrected chi connectivity index (χ0v) is 14.2. The largest absolute Gasteiger partial charge is 0.394 e. The molecule has 0 aliphatic carbocycles. The Hall–Kier alpha value is -0.360. The molecular weight excluding hydrogens is 351 g/mol. The first-order chi connectivity index (χ1) is 9.33. The van der Waals surface area contributed by atoms with Crippen LogP contribution in [0.2, 0.25) is 0 Å². The molecule has 0 aliphatic heterocycles. The van der Waals surface area contributed by atoms with Gasteiger partial charge in [-0.05, 0) is 18.6 Å². The van der Waals surface area contributed by atoms with Crippen molar-refractivity contribution in [1.29, 1.82) is 0 Å². The third-order valence-electron chi connectivity index (χ3n) is 1.48. The highest BCUT2D eigenvalue weighted by Crippen LogP contribution is 1.77. The van der Waals surface area contributed by atoms with E-state index in [1.807, 2.05) is 37.7 Å². The van der Waals surface area contributed by atoms with E-state index in [4.69, 9.17) is 23.2 Å². The Balaban J connectivity index is 0. The predicted octanol–water partition coefficient (Wildman–Crippen LogP) is 2.29. The van der Waals surface area contributed by atoms with Gasteiger partial charge in [0.05, 0.1) is 13.3 Å². The van der Waals surface area contributed by atoms with Gasteiger partial charge in [-0.2, -0.15) is 0 Å². The molecule has 0 spiro atoms. The van der Waals surface area contributed by atoms with Gasteiger partial charge in [-0.15, -0.1) is 23.2 Å². The summed E-state index contributed by atoms with van der Waals surface area (Å²) in [6, 6.07) is 0. The van der Waals surface area contributed by atoms with Crippen molar-refractivity contribution < 1.29 is 0 Å². The number of nitrogens with one attached hydrogen (secondary N) is 4. The van der Waals surface area contributed by atoms with Crippen LogP contribution in [-0.2, 0) is 0 Å². The van der Waals surface area contributed by atoms with Gasteiger partial charge in [0.15, 0.2) is 0 Å². The first-order valence-electron chi connectivity index (χ1n) is 5.81. The number of rotatable bonds is 10. The minimum Gasteiger partial charge on any atom is -0.394 e. The maximum Gasteiger partial charge on any atom is 0.0661 e. The molecule has 0 aromatic carbocycles. The summed E-state index contributed by atoms with van der Waals surface area (Å²) in [7, 11) is 1.84. The fourth-order valence-corrected chi connectivity index (χ4v) is 1.11. The van der Waals surface area contributed by atoms with Crippen LogP contribution in [0.25, 0.3) is 0 Å². The summed E-state index contributed by atoms with van der Waals surface area (Å²) < 4.78 is 0. The van der Waals surface area contributed by atoms with Crippen LogP contribution in [0.1, 0.15) is 0 Å². The molecular formula is C12H23BrCl2N4. The highest BCUT2D eigenvalue weighted by Gasteiger charge is 1.78. The van der Waals surface area contributed by atoms with Gasteiger partial charge in [-0.1, -0.05) is 34.2 Å². The molecule has 0 amide bonds. The van der Waals surface area contributed by atoms with Crippen LogP contribution in [0.15, 0.2) is 36.8 Å². The minimum absolute atomic E-state index is 0.541. The molecule has 0 atom stereocenters. The van der Waals surface area contributed by atoms with Gasteiger partial charge in [0, 0.05) is 24.1 Å². The second kappa shape index (κ2) is 22.8. The number of alkyl halides is 3. The average Bonchev–Trinajstić information content (AvgIpc) is 2.44. The van der Waals surface area contributed by atoms with Crippen LogP contribution < -0.4 is 21.3 Å². The minimum atomic E-state index is 0.541. The summed E-state index contributed by atoms with van der Waals surface area (Å²) in [5.74, 6) is 1.13. The third kappa shape index (κ3) is 27.0. The molecule has 7 heteroatoms. The number of halogens is 3. The SMILES string of the molecule is CNC=CCCl.ClCC=CNCNCNC=CCBr. The van der Waals surface area contributed by atoms with Crippen molar-refractivity contribution in [2.75, 3.05) is 37.5 Å². The van der Waals surface area contributed by atoms with E-state index in [0.29, 0.717) is 11.8 Å². The Kier molecular flexibility index (Phi) is 25.1. The summed E-state index contributed by atoms with van der Waals surface area (Å²) in [6.07, 6.45) is 11.2. The van der Waals surface area contributed by atoms with Gasteiger partial charge in [0.2, 0.25) is 0 Å². The molecule has 0 aromatic rings. The lowest BCUT2D eigenvalue weighted by molar-refractivity contribution is 0.620. The summed E-state index contributed by atoms with van der Waals surface area (Å²) in [5.41, 5.74) is 0. The van der Waals surface area contributed by atoms with Crippen molar-refractivity contribution in [3.05, 3.63) is 36.8 Å². The average molecular weight is 374 g/mol. The molecule has 19 heavy (non-hydrogen) atoms. The molecule has 0 heterocycles. The predicted molar refractivity (Wildman–Crippen MR) is 90.9 cm³/mol. The second-order valence-corrected chi connectivity index (χ2v) is 4.24. The Labute approximate surface area is 134 Å². The van der Waals surface area contributed by atoms with Crippen LogP contribution in [0.5, 0.6) is 0 Å². The van der Waals surface area contributed by atoms with Crippen molar-refractivity contribution in [1.82, 2.24) is 21.3 Å². The quantitative estimate of drug-likeness (QED) is 0.269. The van der Waals surface area contributed by atoms with E-state index in [1.54, 1.807) is 6.20 Å². The topological polar surface area (TPSA) is 48.1 Å². The fraction of sp³-hybridized carbons (Fsp3) is 0.500. The number of allylic oxidation sites excluding steroid dienone is 3. The Morgan fingerprint density at radius 2 is 1.42 bits per heavy atom. The van der Waals surface area contributed by atoms with E-state index in [2.05, 4.69) is 37.2 Å². The maximum absolute atomic E-state index is 5.43. The first-order valence-corrected chi connectivity index (χ1v) is 8.00. The van der Waals surface area contributed by atoms with Crippen LogP contribution in [0.3, 0.4) is 0 Å². The van der Waals surface area contributed by atoms with Crippen LogP contribution in [0.4, 0.5) is 0 Å². The molecule has 0 saturated heterocycles.